The molecule has 0 radical (unpaired) electrons. The van der Waals surface area contributed by atoms with Gasteiger partial charge in [0.25, 0.3) is 5.91 Å². The Hall–Kier alpha value is -3.74. The number of hydrogen-bond donors (Lipinski definition) is 2. The lowest BCUT2D eigenvalue weighted by Crippen LogP contribution is -2.24. The molecule has 0 aliphatic rings. The van der Waals surface area contributed by atoms with Gasteiger partial charge in [-0.15, -0.1) is 11.3 Å². The van der Waals surface area contributed by atoms with E-state index in [0.29, 0.717) is 6.07 Å². The van der Waals surface area contributed by atoms with Crippen LogP contribution in [0.1, 0.15) is 54.4 Å². The topological polar surface area (TPSA) is 128 Å². The number of carbonyl (C=O) groups excluding carboxylic acids is 3. The first-order valence-corrected chi connectivity index (χ1v) is 11.2. The summed E-state index contributed by atoms with van der Waals surface area (Å²) in [6, 6.07) is 2.43. The number of ether oxygens (including phenoxy) is 2. The molecule has 3 aromatic rings. The second kappa shape index (κ2) is 10.7. The van der Waals surface area contributed by atoms with Gasteiger partial charge in [0.05, 0.1) is 11.1 Å². The van der Waals surface area contributed by atoms with Gasteiger partial charge >= 0.3 is 18.1 Å². The van der Waals surface area contributed by atoms with Gasteiger partial charge in [0.1, 0.15) is 23.6 Å². The van der Waals surface area contributed by atoms with Gasteiger partial charge in [0.2, 0.25) is 0 Å². The second-order valence-corrected chi connectivity index (χ2v) is 8.00. The molecule has 0 bridgehead atoms. The number of aromatic hydroxyl groups is 1. The summed E-state index contributed by atoms with van der Waals surface area (Å²) < 4.78 is 50.2. The maximum absolute atomic E-state index is 13.3. The number of amides is 1. The van der Waals surface area contributed by atoms with Crippen molar-refractivity contribution in [3.05, 3.63) is 46.6 Å². The fourth-order valence-corrected chi connectivity index (χ4v) is 3.55. The number of aromatic nitrogens is 2. The fraction of sp³-hybridized carbons (Fsp3) is 0.318. The summed E-state index contributed by atoms with van der Waals surface area (Å²) in [6.07, 6.45) is -4.77. The number of fused-ring (bicyclic) bond motifs is 1. The third-order valence-electron chi connectivity index (χ3n) is 4.74. The Morgan fingerprint density at radius 3 is 2.49 bits per heavy atom. The van der Waals surface area contributed by atoms with Gasteiger partial charge in [0, 0.05) is 29.8 Å². The summed E-state index contributed by atoms with van der Waals surface area (Å²) in [7, 11) is 0. The Morgan fingerprint density at radius 1 is 1.17 bits per heavy atom. The quantitative estimate of drug-likeness (QED) is 0.420. The maximum Gasteiger partial charge on any atom is 0.416 e. The van der Waals surface area contributed by atoms with E-state index in [9.17, 15) is 32.7 Å². The molecule has 0 aliphatic carbocycles. The second-order valence-electron chi connectivity index (χ2n) is 7.11. The Bertz CT molecular complexity index is 1250. The Labute approximate surface area is 200 Å². The molecule has 3 rings (SSSR count). The molecular weight excluding hydrogens is 491 g/mol. The van der Waals surface area contributed by atoms with Crippen LogP contribution in [0.25, 0.3) is 10.9 Å². The maximum atomic E-state index is 13.3. The van der Waals surface area contributed by atoms with Crippen LogP contribution in [0, 0.1) is 0 Å². The summed E-state index contributed by atoms with van der Waals surface area (Å²) in [5.74, 6) is -3.12. The molecule has 13 heteroatoms. The monoisotopic (exact) mass is 511 g/mol. The molecule has 1 atom stereocenters. The minimum absolute atomic E-state index is 0.0163. The highest BCUT2D eigenvalue weighted by Gasteiger charge is 2.33. The number of rotatable bonds is 8. The minimum atomic E-state index is -4.71. The van der Waals surface area contributed by atoms with Gasteiger partial charge in [-0.25, -0.2) is 9.97 Å². The number of thiazole rings is 1. The summed E-state index contributed by atoms with van der Waals surface area (Å²) in [4.78, 5) is 45.0. The molecule has 0 saturated heterocycles. The SMILES string of the molecule is CCC(=O)OCC(OC(=O)CC)c1nc2ccc(C(F)(F)F)cc2c(O)c1C(=O)Nc1nccs1. The predicted molar refractivity (Wildman–Crippen MR) is 119 cm³/mol. The zero-order valence-corrected chi connectivity index (χ0v) is 19.3. The van der Waals surface area contributed by atoms with Crippen molar-refractivity contribution >= 4 is 45.2 Å². The van der Waals surface area contributed by atoms with E-state index in [2.05, 4.69) is 15.3 Å². The van der Waals surface area contributed by atoms with Crippen molar-refractivity contribution in [1.82, 2.24) is 9.97 Å². The number of esters is 2. The third kappa shape index (κ3) is 6.04. The number of alkyl halides is 3. The van der Waals surface area contributed by atoms with Crippen molar-refractivity contribution in [1.29, 1.82) is 0 Å². The van der Waals surface area contributed by atoms with E-state index in [1.54, 1.807) is 12.3 Å². The minimum Gasteiger partial charge on any atom is -0.506 e. The van der Waals surface area contributed by atoms with E-state index in [4.69, 9.17) is 9.47 Å². The molecule has 186 valence electrons. The lowest BCUT2D eigenvalue weighted by molar-refractivity contribution is -0.159. The van der Waals surface area contributed by atoms with Crippen LogP contribution in [0.4, 0.5) is 18.3 Å². The standard InChI is InChI=1S/C22H20F3N3O6S/c1-3-15(29)33-10-14(34-16(30)4-2)18-17(20(32)28-21-26-7-8-35-21)19(31)12-9-11(22(23,24)25)5-6-13(12)27-18/h5-9,14H,3-4,10H2,1-2H3,(H,27,31)(H,26,28,32). The van der Waals surface area contributed by atoms with Gasteiger partial charge in [0.15, 0.2) is 11.2 Å². The van der Waals surface area contributed by atoms with Crippen LogP contribution < -0.4 is 5.32 Å². The first-order valence-electron chi connectivity index (χ1n) is 10.3. The van der Waals surface area contributed by atoms with E-state index >= 15 is 0 Å². The molecule has 9 nitrogen and oxygen atoms in total. The highest BCUT2D eigenvalue weighted by molar-refractivity contribution is 7.13. The first-order chi connectivity index (χ1) is 16.5. The predicted octanol–water partition coefficient (Wildman–Crippen LogP) is 4.62. The molecule has 2 N–H and O–H groups in total. The zero-order valence-electron chi connectivity index (χ0n) is 18.5. The van der Waals surface area contributed by atoms with E-state index in [-0.39, 0.29) is 34.6 Å². The Balaban J connectivity index is 2.21. The number of hydrogen-bond acceptors (Lipinski definition) is 9. The van der Waals surface area contributed by atoms with Crippen molar-refractivity contribution < 1.29 is 42.1 Å². The average molecular weight is 511 g/mol. The summed E-state index contributed by atoms with van der Waals surface area (Å²) in [5.41, 5.74) is -2.01. The smallest absolute Gasteiger partial charge is 0.416 e. The molecule has 2 aromatic heterocycles. The Morgan fingerprint density at radius 2 is 1.89 bits per heavy atom. The van der Waals surface area contributed by atoms with Gasteiger partial charge in [-0.1, -0.05) is 13.8 Å². The number of halogens is 3. The molecule has 0 fully saturated rings. The van der Waals surface area contributed by atoms with Crippen LogP contribution in [-0.4, -0.2) is 39.5 Å². The van der Waals surface area contributed by atoms with Crippen molar-refractivity contribution in [2.45, 2.75) is 39.0 Å². The van der Waals surface area contributed by atoms with Crippen LogP contribution in [0.2, 0.25) is 0 Å². The lowest BCUT2D eigenvalue weighted by Gasteiger charge is -2.21. The van der Waals surface area contributed by atoms with Gasteiger partial charge in [-0.05, 0) is 18.2 Å². The number of benzene rings is 1. The molecular formula is C22H20F3N3O6S. The highest BCUT2D eigenvalue weighted by Crippen LogP contribution is 2.38. The lowest BCUT2D eigenvalue weighted by atomic mass is 10.0. The molecule has 2 heterocycles. The van der Waals surface area contributed by atoms with Gasteiger partial charge in [-0.2, -0.15) is 13.2 Å². The van der Waals surface area contributed by atoms with Gasteiger partial charge < -0.3 is 14.6 Å². The summed E-state index contributed by atoms with van der Waals surface area (Å²) >= 11 is 1.06. The van der Waals surface area contributed by atoms with Crippen molar-refractivity contribution in [3.8, 4) is 5.75 Å². The molecule has 1 unspecified atom stereocenters. The first kappa shape index (κ1) is 25.9. The van der Waals surface area contributed by atoms with Crippen molar-refractivity contribution in [2.24, 2.45) is 0 Å². The van der Waals surface area contributed by atoms with Gasteiger partial charge in [-0.3, -0.25) is 19.7 Å². The van der Waals surface area contributed by atoms with Crippen LogP contribution in [0.5, 0.6) is 5.75 Å². The zero-order chi connectivity index (χ0) is 25.8. The summed E-state index contributed by atoms with van der Waals surface area (Å²) in [6.45, 7) is 2.52. The van der Waals surface area contributed by atoms with Crippen LogP contribution in [-0.2, 0) is 25.2 Å². The molecule has 0 spiro atoms. The number of pyridine rings is 1. The largest absolute Gasteiger partial charge is 0.506 e. The van der Waals surface area contributed by atoms with Crippen molar-refractivity contribution in [2.75, 3.05) is 11.9 Å². The number of anilines is 1. The highest BCUT2D eigenvalue weighted by atomic mass is 32.1. The van der Waals surface area contributed by atoms with Crippen LogP contribution in [0.15, 0.2) is 29.8 Å². The Kier molecular flexibility index (Phi) is 7.89. The summed E-state index contributed by atoms with van der Waals surface area (Å²) in [5, 5.41) is 14.7. The molecule has 0 aliphatic heterocycles. The van der Waals surface area contributed by atoms with Crippen molar-refractivity contribution in [3.63, 3.8) is 0 Å². The third-order valence-corrected chi connectivity index (χ3v) is 5.43. The van der Waals surface area contributed by atoms with E-state index in [1.807, 2.05) is 0 Å². The number of nitrogens with zero attached hydrogens (tertiary/aromatic N) is 2. The fourth-order valence-electron chi connectivity index (χ4n) is 3.02. The average Bonchev–Trinajstić information content (AvgIpc) is 3.33. The molecule has 1 aromatic carbocycles. The van der Waals surface area contributed by atoms with E-state index < -0.39 is 53.6 Å². The number of nitrogens with one attached hydrogen (secondary N) is 1. The van der Waals surface area contributed by atoms with Crippen LogP contribution >= 0.6 is 11.3 Å². The molecule has 35 heavy (non-hydrogen) atoms. The normalized spacial score (nSPS) is 12.3. The molecule has 1 amide bonds. The van der Waals surface area contributed by atoms with E-state index in [0.717, 1.165) is 23.5 Å². The van der Waals surface area contributed by atoms with Crippen LogP contribution in [0.3, 0.4) is 0 Å². The number of carbonyl (C=O) groups is 3. The van der Waals surface area contributed by atoms with E-state index in [1.165, 1.54) is 13.1 Å². The molecule has 0 saturated carbocycles.